The van der Waals surface area contributed by atoms with Crippen LogP contribution in [0.25, 0.3) is 16.7 Å². The number of carbonyl (C=O) groups excluding carboxylic acids is 2. The summed E-state index contributed by atoms with van der Waals surface area (Å²) in [6.07, 6.45) is 5.76. The molecule has 1 aromatic carbocycles. The van der Waals surface area contributed by atoms with Gasteiger partial charge in [0.15, 0.2) is 0 Å². The maximum absolute atomic E-state index is 13.0. The first-order chi connectivity index (χ1) is 15.5. The van der Waals surface area contributed by atoms with Gasteiger partial charge in [0.2, 0.25) is 23.3 Å². The van der Waals surface area contributed by atoms with Crippen molar-refractivity contribution in [2.75, 3.05) is 13.1 Å². The number of rotatable bonds is 3. The summed E-state index contributed by atoms with van der Waals surface area (Å²) in [6, 6.07) is 7.63. The van der Waals surface area contributed by atoms with E-state index in [2.05, 4.69) is 27.4 Å². The standard InChI is InChI=1S/C22H24N8O2/c1-13-12-15(22(32)29-10-8-14(9-11-29)19(23)31)6-7-16(13)24-20-21-26-27-28-30(21)18-5-3-2-4-17(18)25-20/h2-7,13-15H,8-12H2,1H3,(H2,23,31). The minimum absolute atomic E-state index is 0.0707. The third-order valence-electron chi connectivity index (χ3n) is 6.38. The van der Waals surface area contributed by atoms with Crippen LogP contribution in [0.3, 0.4) is 0 Å². The zero-order valence-corrected chi connectivity index (χ0v) is 17.8. The molecule has 1 aliphatic carbocycles. The number of primary amides is 1. The van der Waals surface area contributed by atoms with E-state index in [1.165, 1.54) is 0 Å². The van der Waals surface area contributed by atoms with Gasteiger partial charge < -0.3 is 10.6 Å². The molecule has 164 valence electrons. The lowest BCUT2D eigenvalue weighted by atomic mass is 9.85. The number of hydrogen-bond acceptors (Lipinski definition) is 7. The number of aromatic nitrogens is 5. The summed E-state index contributed by atoms with van der Waals surface area (Å²) in [5.74, 6) is 0.0242. The first kappa shape index (κ1) is 20.2. The average molecular weight is 432 g/mol. The van der Waals surface area contributed by atoms with Crippen molar-refractivity contribution < 1.29 is 9.59 Å². The molecule has 10 heteroatoms. The van der Waals surface area contributed by atoms with Gasteiger partial charge in [-0.15, -0.1) is 5.10 Å². The van der Waals surface area contributed by atoms with Crippen LogP contribution in [0.15, 0.2) is 41.4 Å². The third kappa shape index (κ3) is 3.61. The van der Waals surface area contributed by atoms with Crippen LogP contribution in [0.2, 0.25) is 0 Å². The van der Waals surface area contributed by atoms with Crippen molar-refractivity contribution in [3.05, 3.63) is 36.4 Å². The second kappa shape index (κ2) is 8.10. The lowest BCUT2D eigenvalue weighted by molar-refractivity contribution is -0.137. The highest BCUT2D eigenvalue weighted by molar-refractivity contribution is 6.01. The van der Waals surface area contributed by atoms with Gasteiger partial charge in [0.25, 0.3) is 0 Å². The van der Waals surface area contributed by atoms with Gasteiger partial charge in [-0.05, 0) is 53.8 Å². The van der Waals surface area contributed by atoms with E-state index in [-0.39, 0.29) is 29.6 Å². The Bertz CT molecular complexity index is 1260. The number of tetrazole rings is 1. The smallest absolute Gasteiger partial charge is 0.229 e. The van der Waals surface area contributed by atoms with E-state index in [1.54, 1.807) is 4.52 Å². The van der Waals surface area contributed by atoms with Crippen LogP contribution in [0.5, 0.6) is 0 Å². The highest BCUT2D eigenvalue weighted by atomic mass is 16.2. The molecule has 1 fully saturated rings. The zero-order valence-electron chi connectivity index (χ0n) is 17.8. The van der Waals surface area contributed by atoms with Crippen LogP contribution in [0, 0.1) is 17.8 Å². The van der Waals surface area contributed by atoms with Crippen LogP contribution in [-0.4, -0.2) is 60.5 Å². The van der Waals surface area contributed by atoms with Crippen molar-refractivity contribution in [2.24, 2.45) is 28.5 Å². The summed E-state index contributed by atoms with van der Waals surface area (Å²) in [5.41, 5.74) is 8.31. The van der Waals surface area contributed by atoms with E-state index in [0.29, 0.717) is 43.8 Å². The molecule has 2 N–H and O–H groups in total. The van der Waals surface area contributed by atoms with Crippen LogP contribution in [-0.2, 0) is 9.59 Å². The predicted octanol–water partition coefficient (Wildman–Crippen LogP) is 1.68. The van der Waals surface area contributed by atoms with Gasteiger partial charge in [-0.1, -0.05) is 25.1 Å². The number of hydrogen-bond donors (Lipinski definition) is 1. The fourth-order valence-electron chi connectivity index (χ4n) is 4.50. The number of likely N-dealkylation sites (tertiary alicyclic amines) is 1. The molecule has 0 bridgehead atoms. The number of benzene rings is 1. The normalized spacial score (nSPS) is 23.3. The minimum Gasteiger partial charge on any atom is -0.369 e. The van der Waals surface area contributed by atoms with Crippen molar-refractivity contribution in [3.63, 3.8) is 0 Å². The maximum Gasteiger partial charge on any atom is 0.229 e. The number of para-hydroxylation sites is 2. The van der Waals surface area contributed by atoms with Crippen molar-refractivity contribution in [3.8, 4) is 0 Å². The second-order valence-electron chi connectivity index (χ2n) is 8.48. The first-order valence-electron chi connectivity index (χ1n) is 10.8. The molecular formula is C22H24N8O2. The molecule has 3 aromatic rings. The monoisotopic (exact) mass is 432 g/mol. The minimum atomic E-state index is -0.275. The van der Waals surface area contributed by atoms with Gasteiger partial charge in [0, 0.05) is 24.7 Å². The Labute approximate surface area is 184 Å². The second-order valence-corrected chi connectivity index (χ2v) is 8.48. The molecular weight excluding hydrogens is 408 g/mol. The zero-order chi connectivity index (χ0) is 22.2. The van der Waals surface area contributed by atoms with Crippen molar-refractivity contribution in [1.29, 1.82) is 0 Å². The number of carbonyl (C=O) groups is 2. The summed E-state index contributed by atoms with van der Waals surface area (Å²) in [4.78, 5) is 35.6. The molecule has 1 aliphatic heterocycles. The summed E-state index contributed by atoms with van der Waals surface area (Å²) in [6.45, 7) is 3.21. The van der Waals surface area contributed by atoms with Gasteiger partial charge in [0.1, 0.15) is 0 Å². The summed E-state index contributed by atoms with van der Waals surface area (Å²) in [7, 11) is 0. The Hall–Kier alpha value is -3.69. The number of amides is 2. The Morgan fingerprint density at radius 1 is 1.19 bits per heavy atom. The molecule has 2 atom stereocenters. The predicted molar refractivity (Wildman–Crippen MR) is 118 cm³/mol. The van der Waals surface area contributed by atoms with Gasteiger partial charge in [-0.3, -0.25) is 9.59 Å². The molecule has 32 heavy (non-hydrogen) atoms. The van der Waals surface area contributed by atoms with Crippen LogP contribution in [0.4, 0.5) is 5.82 Å². The van der Waals surface area contributed by atoms with Crippen molar-refractivity contribution in [2.45, 2.75) is 26.2 Å². The van der Waals surface area contributed by atoms with E-state index in [1.807, 2.05) is 41.3 Å². The summed E-state index contributed by atoms with van der Waals surface area (Å²) < 4.78 is 1.64. The number of allylic oxidation sites excluding steroid dienone is 1. The van der Waals surface area contributed by atoms with Crippen LogP contribution < -0.4 is 5.73 Å². The number of fused-ring (bicyclic) bond motifs is 3. The molecule has 0 radical (unpaired) electrons. The van der Waals surface area contributed by atoms with Gasteiger partial charge >= 0.3 is 0 Å². The lowest BCUT2D eigenvalue weighted by Gasteiger charge is -2.34. The Kier molecular flexibility index (Phi) is 5.12. The van der Waals surface area contributed by atoms with Crippen molar-refractivity contribution in [1.82, 2.24) is 29.9 Å². The molecule has 2 amide bonds. The molecule has 0 spiro atoms. The molecule has 5 rings (SSSR count). The Morgan fingerprint density at radius 3 is 2.72 bits per heavy atom. The SMILES string of the molecule is CC1CC(C(=O)N2CCC(C(N)=O)CC2)C=CC1=Nc1nc2ccccc2n2nnnc12. The summed E-state index contributed by atoms with van der Waals surface area (Å²) in [5, 5.41) is 12.0. The van der Waals surface area contributed by atoms with Crippen LogP contribution in [0.1, 0.15) is 26.2 Å². The molecule has 2 aromatic heterocycles. The summed E-state index contributed by atoms with van der Waals surface area (Å²) >= 11 is 0. The van der Waals surface area contributed by atoms with Gasteiger partial charge in [-0.2, -0.15) is 4.52 Å². The number of nitrogens with zero attached hydrogens (tertiary/aromatic N) is 7. The van der Waals surface area contributed by atoms with Crippen LogP contribution >= 0.6 is 0 Å². The first-order valence-corrected chi connectivity index (χ1v) is 10.8. The molecule has 10 nitrogen and oxygen atoms in total. The Balaban J connectivity index is 1.38. The number of aliphatic imine (C=N–C) groups is 1. The lowest BCUT2D eigenvalue weighted by Crippen LogP contribution is -2.44. The molecule has 1 saturated heterocycles. The number of nitrogens with two attached hydrogens (primary N) is 1. The van der Waals surface area contributed by atoms with Gasteiger partial charge in [0.05, 0.1) is 17.0 Å². The maximum atomic E-state index is 13.0. The van der Waals surface area contributed by atoms with E-state index < -0.39 is 0 Å². The fraction of sp³-hybridized carbons (Fsp3) is 0.409. The quantitative estimate of drug-likeness (QED) is 0.670. The molecule has 0 saturated carbocycles. The average Bonchev–Trinajstić information content (AvgIpc) is 3.31. The van der Waals surface area contributed by atoms with Crippen molar-refractivity contribution >= 4 is 40.0 Å². The highest BCUT2D eigenvalue weighted by Gasteiger charge is 2.32. The largest absolute Gasteiger partial charge is 0.369 e. The molecule has 2 unspecified atom stereocenters. The van der Waals surface area contributed by atoms with E-state index in [4.69, 9.17) is 10.7 Å². The Morgan fingerprint density at radius 2 is 1.97 bits per heavy atom. The fourth-order valence-corrected chi connectivity index (χ4v) is 4.50. The van der Waals surface area contributed by atoms with E-state index in [0.717, 1.165) is 16.7 Å². The highest BCUT2D eigenvalue weighted by Crippen LogP contribution is 2.28. The van der Waals surface area contributed by atoms with E-state index >= 15 is 0 Å². The molecule has 3 heterocycles. The third-order valence-corrected chi connectivity index (χ3v) is 6.38. The molecule has 2 aliphatic rings. The van der Waals surface area contributed by atoms with E-state index in [9.17, 15) is 9.59 Å². The topological polar surface area (TPSA) is 132 Å². The van der Waals surface area contributed by atoms with Gasteiger partial charge in [-0.25, -0.2) is 9.98 Å². The number of piperidine rings is 1.